The first kappa shape index (κ1) is 9.97. The van der Waals surface area contributed by atoms with Crippen molar-refractivity contribution in [2.24, 2.45) is 11.3 Å². The highest BCUT2D eigenvalue weighted by Gasteiger charge is 2.40. The fraction of sp³-hybridized carbons (Fsp3) is 0.909. The van der Waals surface area contributed by atoms with Crippen molar-refractivity contribution in [1.82, 2.24) is 10.6 Å². The van der Waals surface area contributed by atoms with Crippen LogP contribution in [0.2, 0.25) is 0 Å². The van der Waals surface area contributed by atoms with Gasteiger partial charge < -0.3 is 10.6 Å². The van der Waals surface area contributed by atoms with Crippen LogP contribution < -0.4 is 10.6 Å². The predicted octanol–water partition coefficient (Wildman–Crippen LogP) is 0.901. The minimum Gasteiger partial charge on any atom is -0.353 e. The Balaban J connectivity index is 1.82. The standard InChI is InChI=1S/C11H20N2O/c1-11(2)5-3-9(11)13-10(14)8-4-6-12-7-8/h8-9,12H,3-7H2,1-2H3,(H,13,14). The smallest absolute Gasteiger partial charge is 0.224 e. The van der Waals surface area contributed by atoms with E-state index < -0.39 is 0 Å². The second-order valence-electron chi connectivity index (χ2n) is 5.28. The summed E-state index contributed by atoms with van der Waals surface area (Å²) in [6.45, 7) is 6.31. The molecule has 0 bridgehead atoms. The zero-order valence-corrected chi connectivity index (χ0v) is 9.10. The van der Waals surface area contributed by atoms with Gasteiger partial charge in [-0.15, -0.1) is 0 Å². The summed E-state index contributed by atoms with van der Waals surface area (Å²) in [5.74, 6) is 0.471. The van der Waals surface area contributed by atoms with Gasteiger partial charge in [-0.25, -0.2) is 0 Å². The highest BCUT2D eigenvalue weighted by Crippen LogP contribution is 2.40. The second-order valence-corrected chi connectivity index (χ2v) is 5.28. The van der Waals surface area contributed by atoms with Crippen LogP contribution in [0, 0.1) is 11.3 Å². The van der Waals surface area contributed by atoms with Crippen molar-refractivity contribution in [2.75, 3.05) is 13.1 Å². The summed E-state index contributed by atoms with van der Waals surface area (Å²) in [6, 6.07) is 0.413. The normalized spacial score (nSPS) is 35.0. The van der Waals surface area contributed by atoms with E-state index in [1.807, 2.05) is 0 Å². The van der Waals surface area contributed by atoms with Crippen LogP contribution in [0.15, 0.2) is 0 Å². The zero-order valence-electron chi connectivity index (χ0n) is 9.10. The van der Waals surface area contributed by atoms with Crippen molar-refractivity contribution >= 4 is 5.91 Å². The summed E-state index contributed by atoms with van der Waals surface area (Å²) in [5, 5.41) is 6.39. The molecule has 80 valence electrons. The van der Waals surface area contributed by atoms with Gasteiger partial charge in [-0.05, 0) is 31.2 Å². The molecular formula is C11H20N2O. The maximum absolute atomic E-state index is 11.8. The van der Waals surface area contributed by atoms with Gasteiger partial charge in [-0.2, -0.15) is 0 Å². The lowest BCUT2D eigenvalue weighted by Crippen LogP contribution is -2.53. The van der Waals surface area contributed by atoms with Crippen LogP contribution in [0.1, 0.15) is 33.1 Å². The molecule has 1 amide bonds. The number of carbonyl (C=O) groups excluding carboxylic acids is 1. The molecule has 0 radical (unpaired) electrons. The molecule has 3 nitrogen and oxygen atoms in total. The van der Waals surface area contributed by atoms with Crippen molar-refractivity contribution in [3.63, 3.8) is 0 Å². The predicted molar refractivity (Wildman–Crippen MR) is 55.9 cm³/mol. The highest BCUT2D eigenvalue weighted by molar-refractivity contribution is 5.79. The number of hydrogen-bond acceptors (Lipinski definition) is 2. The summed E-state index contributed by atoms with van der Waals surface area (Å²) in [7, 11) is 0. The summed E-state index contributed by atoms with van der Waals surface area (Å²) in [5.41, 5.74) is 0.321. The molecule has 14 heavy (non-hydrogen) atoms. The van der Waals surface area contributed by atoms with Gasteiger partial charge in [-0.1, -0.05) is 13.8 Å². The third-order valence-electron chi connectivity index (χ3n) is 3.77. The van der Waals surface area contributed by atoms with Crippen molar-refractivity contribution in [3.8, 4) is 0 Å². The van der Waals surface area contributed by atoms with Gasteiger partial charge in [0.2, 0.25) is 5.91 Å². The van der Waals surface area contributed by atoms with E-state index in [1.54, 1.807) is 0 Å². The molecule has 2 atom stereocenters. The number of rotatable bonds is 2. The average Bonchev–Trinajstić information content (AvgIpc) is 2.65. The van der Waals surface area contributed by atoms with Gasteiger partial charge in [0.25, 0.3) is 0 Å². The summed E-state index contributed by atoms with van der Waals surface area (Å²) in [6.07, 6.45) is 3.39. The van der Waals surface area contributed by atoms with E-state index in [2.05, 4.69) is 24.5 Å². The molecule has 2 rings (SSSR count). The number of amides is 1. The summed E-state index contributed by atoms with van der Waals surface area (Å²) < 4.78 is 0. The molecule has 0 aromatic rings. The molecule has 0 spiro atoms. The average molecular weight is 196 g/mol. The molecule has 1 saturated heterocycles. The van der Waals surface area contributed by atoms with Gasteiger partial charge in [-0.3, -0.25) is 4.79 Å². The third-order valence-corrected chi connectivity index (χ3v) is 3.77. The van der Waals surface area contributed by atoms with Crippen LogP contribution in [-0.2, 0) is 4.79 Å². The first-order chi connectivity index (χ1) is 6.59. The Labute approximate surface area is 85.6 Å². The van der Waals surface area contributed by atoms with E-state index in [9.17, 15) is 4.79 Å². The van der Waals surface area contributed by atoms with E-state index in [-0.39, 0.29) is 11.8 Å². The van der Waals surface area contributed by atoms with E-state index >= 15 is 0 Å². The summed E-state index contributed by atoms with van der Waals surface area (Å²) >= 11 is 0. The highest BCUT2D eigenvalue weighted by atomic mass is 16.2. The van der Waals surface area contributed by atoms with Gasteiger partial charge in [0.15, 0.2) is 0 Å². The number of nitrogens with one attached hydrogen (secondary N) is 2. The fourth-order valence-corrected chi connectivity index (χ4v) is 2.30. The molecule has 2 fully saturated rings. The molecule has 0 aromatic carbocycles. The van der Waals surface area contributed by atoms with E-state index in [4.69, 9.17) is 0 Å². The van der Waals surface area contributed by atoms with Crippen LogP contribution in [0.25, 0.3) is 0 Å². The van der Waals surface area contributed by atoms with Gasteiger partial charge in [0.05, 0.1) is 5.92 Å². The Morgan fingerprint density at radius 2 is 2.21 bits per heavy atom. The Morgan fingerprint density at radius 1 is 1.43 bits per heavy atom. The maximum Gasteiger partial charge on any atom is 0.224 e. The van der Waals surface area contributed by atoms with Crippen LogP contribution in [0.4, 0.5) is 0 Å². The SMILES string of the molecule is CC1(C)CCC1NC(=O)C1CCNC1. The Bertz CT molecular complexity index is 231. The fourth-order valence-electron chi connectivity index (χ4n) is 2.30. The molecular weight excluding hydrogens is 176 g/mol. The lowest BCUT2D eigenvalue weighted by atomic mass is 9.67. The molecule has 2 aliphatic rings. The molecule has 3 heteroatoms. The van der Waals surface area contributed by atoms with Gasteiger partial charge >= 0.3 is 0 Å². The van der Waals surface area contributed by atoms with E-state index in [0.717, 1.165) is 25.9 Å². The first-order valence-electron chi connectivity index (χ1n) is 5.61. The molecule has 0 aromatic heterocycles. The van der Waals surface area contributed by atoms with Crippen molar-refractivity contribution < 1.29 is 4.79 Å². The Morgan fingerprint density at radius 3 is 2.64 bits per heavy atom. The lowest BCUT2D eigenvalue weighted by molar-refractivity contribution is -0.127. The number of hydrogen-bond donors (Lipinski definition) is 2. The van der Waals surface area contributed by atoms with E-state index in [0.29, 0.717) is 11.5 Å². The molecule has 2 N–H and O–H groups in total. The lowest BCUT2D eigenvalue weighted by Gasteiger charge is -2.45. The van der Waals surface area contributed by atoms with Crippen molar-refractivity contribution in [2.45, 2.75) is 39.2 Å². The molecule has 1 heterocycles. The first-order valence-corrected chi connectivity index (χ1v) is 5.61. The van der Waals surface area contributed by atoms with Crippen molar-refractivity contribution in [3.05, 3.63) is 0 Å². The molecule has 2 unspecified atom stereocenters. The Hall–Kier alpha value is -0.570. The minimum atomic E-state index is 0.214. The minimum absolute atomic E-state index is 0.214. The number of carbonyl (C=O) groups is 1. The van der Waals surface area contributed by atoms with E-state index in [1.165, 1.54) is 6.42 Å². The Kier molecular flexibility index (Phi) is 2.52. The molecule has 1 aliphatic heterocycles. The monoisotopic (exact) mass is 196 g/mol. The largest absolute Gasteiger partial charge is 0.353 e. The quantitative estimate of drug-likeness (QED) is 0.689. The topological polar surface area (TPSA) is 41.1 Å². The zero-order chi connectivity index (χ0) is 10.2. The maximum atomic E-state index is 11.8. The van der Waals surface area contributed by atoms with Crippen molar-refractivity contribution in [1.29, 1.82) is 0 Å². The molecule has 1 saturated carbocycles. The van der Waals surface area contributed by atoms with Crippen LogP contribution in [0.3, 0.4) is 0 Å². The summed E-state index contributed by atoms with van der Waals surface area (Å²) in [4.78, 5) is 11.8. The third kappa shape index (κ3) is 1.78. The van der Waals surface area contributed by atoms with Crippen LogP contribution in [-0.4, -0.2) is 25.0 Å². The van der Waals surface area contributed by atoms with Crippen LogP contribution in [0.5, 0.6) is 0 Å². The second kappa shape index (κ2) is 3.54. The van der Waals surface area contributed by atoms with Crippen LogP contribution >= 0.6 is 0 Å². The van der Waals surface area contributed by atoms with Gasteiger partial charge in [0.1, 0.15) is 0 Å². The van der Waals surface area contributed by atoms with Gasteiger partial charge in [0, 0.05) is 12.6 Å². The molecule has 1 aliphatic carbocycles.